The maximum Gasteiger partial charge on any atom is 0.0578 e. The molecular formula is C19H19BrN2S. The summed E-state index contributed by atoms with van der Waals surface area (Å²) in [6.45, 7) is 2.17. The maximum absolute atomic E-state index is 3.66. The minimum absolute atomic E-state index is 0.389. The smallest absolute Gasteiger partial charge is 0.0578 e. The number of hydrogen-bond donors (Lipinski definition) is 2. The first-order chi connectivity index (χ1) is 11.2. The number of halogens is 1. The van der Waals surface area contributed by atoms with E-state index in [0.717, 1.165) is 4.47 Å². The van der Waals surface area contributed by atoms with Crippen molar-refractivity contribution in [3.05, 3.63) is 63.8 Å². The van der Waals surface area contributed by atoms with E-state index in [9.17, 15) is 0 Å². The third-order valence-corrected chi connectivity index (χ3v) is 5.93. The monoisotopic (exact) mass is 386 g/mol. The highest BCUT2D eigenvalue weighted by atomic mass is 79.9. The van der Waals surface area contributed by atoms with Gasteiger partial charge in [-0.25, -0.2) is 0 Å². The summed E-state index contributed by atoms with van der Waals surface area (Å²) in [4.78, 5) is 4.90. The zero-order valence-corrected chi connectivity index (χ0v) is 15.4. The van der Waals surface area contributed by atoms with E-state index in [-0.39, 0.29) is 0 Å². The van der Waals surface area contributed by atoms with Crippen molar-refractivity contribution in [2.45, 2.75) is 37.1 Å². The van der Waals surface area contributed by atoms with Crippen LogP contribution in [0.3, 0.4) is 0 Å². The summed E-state index contributed by atoms with van der Waals surface area (Å²) in [5, 5.41) is 1.40. The van der Waals surface area contributed by atoms with Gasteiger partial charge < -0.3 is 4.98 Å². The van der Waals surface area contributed by atoms with Gasteiger partial charge in [-0.05, 0) is 80.1 Å². The van der Waals surface area contributed by atoms with Crippen molar-refractivity contribution < 1.29 is 0 Å². The number of aromatic nitrogens is 1. The summed E-state index contributed by atoms with van der Waals surface area (Å²) in [7, 11) is 0. The van der Waals surface area contributed by atoms with Crippen LogP contribution >= 0.6 is 27.9 Å². The number of nitrogens with one attached hydrogen (secondary N) is 2. The van der Waals surface area contributed by atoms with Crippen LogP contribution in [0.15, 0.2) is 51.8 Å². The second kappa shape index (κ2) is 6.34. The second-order valence-corrected chi connectivity index (χ2v) is 8.01. The first-order valence-corrected chi connectivity index (χ1v) is 9.61. The van der Waals surface area contributed by atoms with Crippen LogP contribution in [0, 0.1) is 6.92 Å². The minimum Gasteiger partial charge on any atom is -0.357 e. The quantitative estimate of drug-likeness (QED) is 0.547. The van der Waals surface area contributed by atoms with Crippen molar-refractivity contribution in [3.8, 4) is 0 Å². The Hall–Kier alpha value is -1.23. The Bertz CT molecular complexity index is 838. The highest BCUT2D eigenvalue weighted by Crippen LogP contribution is 2.36. The predicted molar refractivity (Wildman–Crippen MR) is 102 cm³/mol. The summed E-state index contributed by atoms with van der Waals surface area (Å²) >= 11 is 5.21. The lowest BCUT2D eigenvalue weighted by molar-refractivity contribution is 0.535. The van der Waals surface area contributed by atoms with Crippen LogP contribution in [-0.2, 0) is 6.42 Å². The molecule has 0 fully saturated rings. The van der Waals surface area contributed by atoms with Crippen LogP contribution in [0.5, 0.6) is 0 Å². The molecular weight excluding hydrogens is 368 g/mol. The third kappa shape index (κ3) is 3.08. The van der Waals surface area contributed by atoms with E-state index in [1.54, 1.807) is 11.9 Å². The van der Waals surface area contributed by atoms with E-state index in [2.05, 4.69) is 75.0 Å². The minimum atomic E-state index is 0.389. The molecule has 2 aromatic carbocycles. The summed E-state index contributed by atoms with van der Waals surface area (Å²) in [6.07, 6.45) is 3.61. The van der Waals surface area contributed by atoms with Crippen molar-refractivity contribution in [2.24, 2.45) is 0 Å². The van der Waals surface area contributed by atoms with Gasteiger partial charge in [-0.3, -0.25) is 4.72 Å². The van der Waals surface area contributed by atoms with Gasteiger partial charge in [0.05, 0.1) is 6.04 Å². The molecule has 1 aliphatic carbocycles. The molecule has 0 amide bonds. The van der Waals surface area contributed by atoms with E-state index < -0.39 is 0 Å². The molecule has 4 rings (SSSR count). The van der Waals surface area contributed by atoms with E-state index in [0.29, 0.717) is 6.04 Å². The molecule has 0 bridgehead atoms. The molecule has 0 aliphatic heterocycles. The van der Waals surface area contributed by atoms with Crippen molar-refractivity contribution in [3.63, 3.8) is 0 Å². The van der Waals surface area contributed by atoms with Gasteiger partial charge >= 0.3 is 0 Å². The topological polar surface area (TPSA) is 27.8 Å². The SMILES string of the molecule is Cc1ccc2[nH]c3c(c2c1)CCCC3NSc1ccc(Br)cc1. The predicted octanol–water partition coefficient (Wildman–Crippen LogP) is 5.91. The molecule has 2 nitrogen and oxygen atoms in total. The van der Waals surface area contributed by atoms with Gasteiger partial charge in [0.25, 0.3) is 0 Å². The number of H-pyrrole nitrogens is 1. The van der Waals surface area contributed by atoms with Crippen LogP contribution in [0.1, 0.15) is 35.7 Å². The molecule has 4 heteroatoms. The lowest BCUT2D eigenvalue weighted by atomic mass is 9.92. The fourth-order valence-electron chi connectivity index (χ4n) is 3.34. The highest BCUT2D eigenvalue weighted by molar-refractivity contribution is 9.10. The zero-order valence-electron chi connectivity index (χ0n) is 13.0. The fourth-order valence-corrected chi connectivity index (χ4v) is 4.39. The Morgan fingerprint density at radius 3 is 2.83 bits per heavy atom. The molecule has 1 atom stereocenters. The number of aryl methyl sites for hydroxylation is 2. The average molecular weight is 387 g/mol. The molecule has 1 unspecified atom stereocenters. The van der Waals surface area contributed by atoms with Crippen LogP contribution in [0.4, 0.5) is 0 Å². The van der Waals surface area contributed by atoms with Gasteiger partial charge in [0.15, 0.2) is 0 Å². The lowest BCUT2D eigenvalue weighted by Gasteiger charge is -2.23. The fraction of sp³-hybridized carbons (Fsp3) is 0.263. The van der Waals surface area contributed by atoms with Crippen LogP contribution in [0.25, 0.3) is 10.9 Å². The summed E-state index contributed by atoms with van der Waals surface area (Å²) in [5.41, 5.74) is 5.48. The molecule has 1 aliphatic rings. The van der Waals surface area contributed by atoms with Gasteiger partial charge in [-0.15, -0.1) is 0 Å². The molecule has 0 saturated heterocycles. The summed E-state index contributed by atoms with van der Waals surface area (Å²) in [5.74, 6) is 0. The molecule has 1 aromatic heterocycles. The standard InChI is InChI=1S/C19H19BrN2S/c1-12-5-10-17-16(11-12)15-3-2-4-18(19(15)21-17)22-23-14-8-6-13(20)7-9-14/h5-11,18,21-22H,2-4H2,1H3. The molecule has 2 N–H and O–H groups in total. The number of fused-ring (bicyclic) bond motifs is 3. The van der Waals surface area contributed by atoms with Crippen LogP contribution in [-0.4, -0.2) is 4.98 Å². The van der Waals surface area contributed by atoms with Gasteiger partial charge in [-0.2, -0.15) is 0 Å². The molecule has 3 aromatic rings. The average Bonchev–Trinajstić information content (AvgIpc) is 2.93. The normalized spacial score (nSPS) is 17.4. The molecule has 1 heterocycles. The Kier molecular flexibility index (Phi) is 4.22. The van der Waals surface area contributed by atoms with Crippen molar-refractivity contribution >= 4 is 38.8 Å². The Morgan fingerprint density at radius 1 is 1.17 bits per heavy atom. The highest BCUT2D eigenvalue weighted by Gasteiger charge is 2.24. The molecule has 0 radical (unpaired) electrons. The number of aromatic amines is 1. The van der Waals surface area contributed by atoms with Crippen molar-refractivity contribution in [1.82, 2.24) is 9.71 Å². The van der Waals surface area contributed by atoms with Crippen LogP contribution in [0.2, 0.25) is 0 Å². The summed E-state index contributed by atoms with van der Waals surface area (Å²) < 4.78 is 4.78. The molecule has 118 valence electrons. The van der Waals surface area contributed by atoms with Gasteiger partial charge in [-0.1, -0.05) is 27.6 Å². The molecule has 0 saturated carbocycles. The number of rotatable bonds is 3. The van der Waals surface area contributed by atoms with Gasteiger partial charge in [0.2, 0.25) is 0 Å². The second-order valence-electron chi connectivity index (χ2n) is 6.18. The van der Waals surface area contributed by atoms with Crippen molar-refractivity contribution in [2.75, 3.05) is 0 Å². The Morgan fingerprint density at radius 2 is 2.00 bits per heavy atom. The number of benzene rings is 2. The Labute approximate surface area is 149 Å². The van der Waals surface area contributed by atoms with E-state index >= 15 is 0 Å². The number of hydrogen-bond acceptors (Lipinski definition) is 2. The van der Waals surface area contributed by atoms with E-state index in [1.807, 2.05) is 0 Å². The molecule has 0 spiro atoms. The van der Waals surface area contributed by atoms with Gasteiger partial charge in [0.1, 0.15) is 0 Å². The van der Waals surface area contributed by atoms with Crippen LogP contribution < -0.4 is 4.72 Å². The first-order valence-electron chi connectivity index (χ1n) is 8.00. The molecule has 23 heavy (non-hydrogen) atoms. The largest absolute Gasteiger partial charge is 0.357 e. The lowest BCUT2D eigenvalue weighted by Crippen LogP contribution is -2.19. The maximum atomic E-state index is 3.66. The third-order valence-electron chi connectivity index (χ3n) is 4.50. The van der Waals surface area contributed by atoms with Crippen molar-refractivity contribution in [1.29, 1.82) is 0 Å². The van der Waals surface area contributed by atoms with Gasteiger partial charge in [0, 0.05) is 26.0 Å². The first kappa shape index (κ1) is 15.3. The van der Waals surface area contributed by atoms with E-state index in [1.165, 1.54) is 51.9 Å². The van der Waals surface area contributed by atoms with E-state index in [4.69, 9.17) is 0 Å². The zero-order chi connectivity index (χ0) is 15.8. The Balaban J connectivity index is 1.60. The summed E-state index contributed by atoms with van der Waals surface area (Å²) in [6, 6.07) is 15.5.